The summed E-state index contributed by atoms with van der Waals surface area (Å²) in [6.45, 7) is 3.78. The standard InChI is InChI=1S/C24H23N5O2/c1-15-12-20-18(22(25)30)8-5-10-29(20)21(15)24-27-19-14-31-11-9-17(19)23(28-24)26-13-16-6-3-2-4-7-16/h2-8,10,12H,9,11,13-14H2,1H3,(H2,25,30)(H,26,27,28). The summed E-state index contributed by atoms with van der Waals surface area (Å²) < 4.78 is 7.60. The van der Waals surface area contributed by atoms with Gasteiger partial charge in [-0.15, -0.1) is 0 Å². The summed E-state index contributed by atoms with van der Waals surface area (Å²) in [4.78, 5) is 21.6. The quantitative estimate of drug-likeness (QED) is 0.522. The Balaban J connectivity index is 1.62. The van der Waals surface area contributed by atoms with Gasteiger partial charge in [0.05, 0.1) is 35.7 Å². The van der Waals surface area contributed by atoms with Crippen molar-refractivity contribution in [3.8, 4) is 11.5 Å². The van der Waals surface area contributed by atoms with Gasteiger partial charge in [-0.25, -0.2) is 9.97 Å². The molecule has 156 valence electrons. The highest BCUT2D eigenvalue weighted by Crippen LogP contribution is 2.30. The third kappa shape index (κ3) is 3.53. The molecule has 7 heteroatoms. The zero-order valence-electron chi connectivity index (χ0n) is 17.3. The van der Waals surface area contributed by atoms with Crippen LogP contribution in [-0.2, 0) is 24.3 Å². The fraction of sp³-hybridized carbons (Fsp3) is 0.208. The number of hydrogen-bond donors (Lipinski definition) is 2. The number of primary amides is 1. The van der Waals surface area contributed by atoms with Crippen molar-refractivity contribution in [3.05, 3.63) is 82.7 Å². The number of benzene rings is 1. The lowest BCUT2D eigenvalue weighted by Crippen LogP contribution is -2.17. The minimum absolute atomic E-state index is 0.458. The molecular formula is C24H23N5O2. The highest BCUT2D eigenvalue weighted by atomic mass is 16.5. The average molecular weight is 413 g/mol. The van der Waals surface area contributed by atoms with E-state index in [1.54, 1.807) is 6.07 Å². The molecular weight excluding hydrogens is 390 g/mol. The molecule has 0 bridgehead atoms. The molecule has 1 aliphatic rings. The number of fused-ring (bicyclic) bond motifs is 2. The summed E-state index contributed by atoms with van der Waals surface area (Å²) in [5.74, 6) is 0.964. The first-order valence-electron chi connectivity index (χ1n) is 10.3. The Morgan fingerprint density at radius 1 is 1.19 bits per heavy atom. The van der Waals surface area contributed by atoms with Gasteiger partial charge in [0, 0.05) is 24.7 Å². The van der Waals surface area contributed by atoms with Crippen LogP contribution in [0.1, 0.15) is 32.7 Å². The lowest BCUT2D eigenvalue weighted by molar-refractivity contribution is 0.100. The van der Waals surface area contributed by atoms with Gasteiger partial charge in [-0.05, 0) is 36.2 Å². The predicted octanol–water partition coefficient (Wildman–Crippen LogP) is 3.49. The van der Waals surface area contributed by atoms with E-state index in [0.717, 1.165) is 40.3 Å². The van der Waals surface area contributed by atoms with Crippen molar-refractivity contribution >= 4 is 17.2 Å². The molecule has 31 heavy (non-hydrogen) atoms. The normalized spacial score (nSPS) is 13.2. The van der Waals surface area contributed by atoms with Crippen LogP contribution in [0, 0.1) is 6.92 Å². The van der Waals surface area contributed by atoms with Crippen LogP contribution in [0.15, 0.2) is 54.7 Å². The van der Waals surface area contributed by atoms with Crippen molar-refractivity contribution in [1.82, 2.24) is 14.4 Å². The monoisotopic (exact) mass is 413 g/mol. The maximum absolute atomic E-state index is 11.9. The lowest BCUT2D eigenvalue weighted by atomic mass is 10.1. The number of ether oxygens (including phenoxy) is 1. The fourth-order valence-corrected chi connectivity index (χ4v) is 4.11. The SMILES string of the molecule is Cc1cc2c(C(N)=O)cccn2c1-c1nc2c(c(NCc3ccccc3)n1)CCOC2. The summed E-state index contributed by atoms with van der Waals surface area (Å²) in [5.41, 5.74) is 11.8. The number of aryl methyl sites for hydroxylation is 1. The first-order valence-corrected chi connectivity index (χ1v) is 10.3. The van der Waals surface area contributed by atoms with Crippen molar-refractivity contribution in [3.63, 3.8) is 0 Å². The second-order valence-corrected chi connectivity index (χ2v) is 7.68. The molecule has 0 radical (unpaired) electrons. The largest absolute Gasteiger partial charge is 0.375 e. The van der Waals surface area contributed by atoms with E-state index in [0.29, 0.717) is 31.1 Å². The number of nitrogens with one attached hydrogen (secondary N) is 1. The van der Waals surface area contributed by atoms with Crippen LogP contribution in [-0.4, -0.2) is 26.9 Å². The molecule has 1 aliphatic heterocycles. The number of carbonyl (C=O) groups is 1. The fourth-order valence-electron chi connectivity index (χ4n) is 4.11. The van der Waals surface area contributed by atoms with Gasteiger partial charge >= 0.3 is 0 Å². The minimum atomic E-state index is -0.459. The first-order chi connectivity index (χ1) is 15.1. The van der Waals surface area contributed by atoms with Gasteiger partial charge in [0.15, 0.2) is 5.82 Å². The van der Waals surface area contributed by atoms with Crippen molar-refractivity contribution in [2.24, 2.45) is 5.73 Å². The summed E-state index contributed by atoms with van der Waals surface area (Å²) in [5, 5.41) is 3.50. The van der Waals surface area contributed by atoms with Gasteiger partial charge < -0.3 is 20.2 Å². The molecule has 5 rings (SSSR count). The Hall–Kier alpha value is -3.71. The molecule has 0 spiro atoms. The molecule has 0 saturated heterocycles. The van der Waals surface area contributed by atoms with E-state index in [-0.39, 0.29) is 0 Å². The Morgan fingerprint density at radius 3 is 2.84 bits per heavy atom. The number of rotatable bonds is 5. The number of pyridine rings is 1. The second-order valence-electron chi connectivity index (χ2n) is 7.68. The molecule has 7 nitrogen and oxygen atoms in total. The van der Waals surface area contributed by atoms with Gasteiger partial charge in [0.2, 0.25) is 0 Å². The van der Waals surface area contributed by atoms with Gasteiger partial charge in [0.25, 0.3) is 5.91 Å². The molecule has 4 heterocycles. The first kappa shape index (κ1) is 19.3. The summed E-state index contributed by atoms with van der Waals surface area (Å²) in [6.07, 6.45) is 2.67. The van der Waals surface area contributed by atoms with Crippen LogP contribution < -0.4 is 11.1 Å². The molecule has 4 aromatic rings. The summed E-state index contributed by atoms with van der Waals surface area (Å²) >= 11 is 0. The Kier molecular flexibility index (Phi) is 4.88. The highest BCUT2D eigenvalue weighted by Gasteiger charge is 2.22. The highest BCUT2D eigenvalue weighted by molar-refractivity contribution is 6.00. The van der Waals surface area contributed by atoms with Gasteiger partial charge in [0.1, 0.15) is 5.82 Å². The van der Waals surface area contributed by atoms with Gasteiger partial charge in [-0.2, -0.15) is 0 Å². The van der Waals surface area contributed by atoms with Crippen LogP contribution >= 0.6 is 0 Å². The molecule has 0 saturated carbocycles. The van der Waals surface area contributed by atoms with Crippen LogP contribution in [0.4, 0.5) is 5.82 Å². The summed E-state index contributed by atoms with van der Waals surface area (Å²) in [7, 11) is 0. The molecule has 1 amide bonds. The number of amides is 1. The molecule has 3 aromatic heterocycles. The van der Waals surface area contributed by atoms with Crippen molar-refractivity contribution < 1.29 is 9.53 Å². The van der Waals surface area contributed by atoms with E-state index in [9.17, 15) is 4.79 Å². The topological polar surface area (TPSA) is 94.5 Å². The van der Waals surface area contributed by atoms with Crippen LogP contribution in [0.5, 0.6) is 0 Å². The number of nitrogens with zero attached hydrogens (tertiary/aromatic N) is 3. The van der Waals surface area contributed by atoms with Gasteiger partial charge in [-0.3, -0.25) is 4.79 Å². The number of aromatic nitrogens is 3. The van der Waals surface area contributed by atoms with Crippen molar-refractivity contribution in [1.29, 1.82) is 0 Å². The molecule has 0 atom stereocenters. The molecule has 0 unspecified atom stereocenters. The van der Waals surface area contributed by atoms with E-state index >= 15 is 0 Å². The number of anilines is 1. The second kappa shape index (κ2) is 7.85. The minimum Gasteiger partial charge on any atom is -0.375 e. The van der Waals surface area contributed by atoms with E-state index in [1.165, 1.54) is 5.56 Å². The lowest BCUT2D eigenvalue weighted by Gasteiger charge is -2.20. The molecule has 0 fully saturated rings. The van der Waals surface area contributed by atoms with Crippen LogP contribution in [0.25, 0.3) is 17.0 Å². The number of nitrogens with two attached hydrogens (primary N) is 1. The zero-order valence-corrected chi connectivity index (χ0v) is 17.3. The third-order valence-electron chi connectivity index (χ3n) is 5.61. The van der Waals surface area contributed by atoms with E-state index < -0.39 is 5.91 Å². The molecule has 1 aromatic carbocycles. The number of hydrogen-bond acceptors (Lipinski definition) is 5. The third-order valence-corrected chi connectivity index (χ3v) is 5.61. The van der Waals surface area contributed by atoms with Crippen molar-refractivity contribution in [2.75, 3.05) is 11.9 Å². The Bertz CT molecular complexity index is 1280. The van der Waals surface area contributed by atoms with Crippen LogP contribution in [0.3, 0.4) is 0 Å². The summed E-state index contributed by atoms with van der Waals surface area (Å²) in [6, 6.07) is 15.7. The van der Waals surface area contributed by atoms with E-state index in [1.807, 2.05) is 47.9 Å². The molecule has 3 N–H and O–H groups in total. The maximum atomic E-state index is 11.9. The Labute approximate surface area is 179 Å². The zero-order chi connectivity index (χ0) is 21.4. The average Bonchev–Trinajstić information content (AvgIpc) is 3.13. The van der Waals surface area contributed by atoms with E-state index in [4.69, 9.17) is 20.4 Å². The number of carbonyl (C=O) groups excluding carboxylic acids is 1. The van der Waals surface area contributed by atoms with Gasteiger partial charge in [-0.1, -0.05) is 30.3 Å². The molecule has 0 aliphatic carbocycles. The van der Waals surface area contributed by atoms with Crippen molar-refractivity contribution in [2.45, 2.75) is 26.5 Å². The van der Waals surface area contributed by atoms with E-state index in [2.05, 4.69) is 17.4 Å². The maximum Gasteiger partial charge on any atom is 0.250 e. The Morgan fingerprint density at radius 2 is 2.03 bits per heavy atom. The van der Waals surface area contributed by atoms with Crippen LogP contribution in [0.2, 0.25) is 0 Å². The smallest absolute Gasteiger partial charge is 0.250 e. The predicted molar refractivity (Wildman–Crippen MR) is 119 cm³/mol.